The molecule has 4 heteroatoms. The molecule has 1 unspecified atom stereocenters. The van der Waals surface area contributed by atoms with Crippen LogP contribution in [0.2, 0.25) is 0 Å². The highest BCUT2D eigenvalue weighted by molar-refractivity contribution is 7.92. The van der Waals surface area contributed by atoms with Crippen molar-refractivity contribution in [3.05, 3.63) is 29.8 Å². The lowest BCUT2D eigenvalue weighted by Crippen LogP contribution is -2.23. The van der Waals surface area contributed by atoms with Gasteiger partial charge in [-0.15, -0.1) is 0 Å². The molecule has 1 aromatic carbocycles. The Bertz CT molecular complexity index is 447. The molecule has 0 saturated carbocycles. The molecular weight excluding hydrogens is 210 g/mol. The lowest BCUT2D eigenvalue weighted by atomic mass is 10.2. The summed E-state index contributed by atoms with van der Waals surface area (Å²) in [7, 11) is -3.12. The fourth-order valence-corrected chi connectivity index (χ4v) is 3.65. The number of hydrogen-bond acceptors (Lipinski definition) is 3. The van der Waals surface area contributed by atoms with Crippen LogP contribution in [0.15, 0.2) is 29.2 Å². The largest absolute Gasteiger partial charge is 0.315 e. The predicted octanol–water partition coefficient (Wildman–Crippen LogP) is 1.13. The predicted molar refractivity (Wildman–Crippen MR) is 59.6 cm³/mol. The van der Waals surface area contributed by atoms with Crippen LogP contribution in [0.4, 0.5) is 0 Å². The number of nitrogens with one attached hydrogen (secondary N) is 1. The van der Waals surface area contributed by atoms with Gasteiger partial charge in [-0.05, 0) is 37.6 Å². The Morgan fingerprint density at radius 1 is 1.40 bits per heavy atom. The Kier molecular flexibility index (Phi) is 2.80. The van der Waals surface area contributed by atoms with Gasteiger partial charge in [0.25, 0.3) is 0 Å². The van der Waals surface area contributed by atoms with Crippen LogP contribution in [0.1, 0.15) is 12.0 Å². The standard InChI is InChI=1S/C11H15NO2S/c1-9-3-2-4-10(7-9)15(13,14)11-5-6-12-8-11/h2-4,7,11-12H,5-6,8H2,1H3. The summed E-state index contributed by atoms with van der Waals surface area (Å²) in [5, 5.41) is 2.83. The number of sulfone groups is 1. The minimum absolute atomic E-state index is 0.251. The second-order valence-corrected chi connectivity index (χ2v) is 6.20. The highest BCUT2D eigenvalue weighted by Crippen LogP contribution is 2.20. The van der Waals surface area contributed by atoms with Crippen LogP contribution in [0.3, 0.4) is 0 Å². The molecule has 1 aliphatic rings. The van der Waals surface area contributed by atoms with Crippen LogP contribution in [-0.2, 0) is 9.84 Å². The average molecular weight is 225 g/mol. The van der Waals surface area contributed by atoms with Gasteiger partial charge in [-0.2, -0.15) is 0 Å². The van der Waals surface area contributed by atoms with E-state index in [1.165, 1.54) is 0 Å². The summed E-state index contributed by atoms with van der Waals surface area (Å²) in [6, 6.07) is 7.13. The van der Waals surface area contributed by atoms with E-state index >= 15 is 0 Å². The fraction of sp³-hybridized carbons (Fsp3) is 0.455. The third-order valence-corrected chi connectivity index (χ3v) is 4.96. The number of aryl methyl sites for hydroxylation is 1. The molecular formula is C11H15NO2S. The van der Waals surface area contributed by atoms with E-state index in [0.717, 1.165) is 18.5 Å². The minimum atomic E-state index is -3.12. The number of rotatable bonds is 2. The molecule has 1 N–H and O–H groups in total. The topological polar surface area (TPSA) is 46.2 Å². The van der Waals surface area contributed by atoms with Gasteiger partial charge in [-0.3, -0.25) is 0 Å². The highest BCUT2D eigenvalue weighted by Gasteiger charge is 2.29. The maximum atomic E-state index is 12.1. The molecule has 1 fully saturated rings. The van der Waals surface area contributed by atoms with Gasteiger partial charge in [-0.1, -0.05) is 12.1 Å². The van der Waals surface area contributed by atoms with E-state index in [1.807, 2.05) is 13.0 Å². The summed E-state index contributed by atoms with van der Waals surface area (Å²) < 4.78 is 24.3. The molecule has 1 heterocycles. The first-order valence-corrected chi connectivity index (χ1v) is 6.66. The van der Waals surface area contributed by atoms with E-state index in [0.29, 0.717) is 11.4 Å². The van der Waals surface area contributed by atoms with Gasteiger partial charge < -0.3 is 5.32 Å². The van der Waals surface area contributed by atoms with E-state index in [2.05, 4.69) is 5.32 Å². The monoisotopic (exact) mass is 225 g/mol. The normalized spacial score (nSPS) is 21.8. The van der Waals surface area contributed by atoms with Gasteiger partial charge in [0.05, 0.1) is 10.1 Å². The van der Waals surface area contributed by atoms with Gasteiger partial charge in [0.1, 0.15) is 0 Å². The van der Waals surface area contributed by atoms with Crippen LogP contribution in [0, 0.1) is 6.92 Å². The molecule has 1 aromatic rings. The van der Waals surface area contributed by atoms with Gasteiger partial charge in [0.15, 0.2) is 9.84 Å². The van der Waals surface area contributed by atoms with Crippen LogP contribution in [0.25, 0.3) is 0 Å². The average Bonchev–Trinajstić information content (AvgIpc) is 2.71. The first kappa shape index (κ1) is 10.6. The molecule has 0 radical (unpaired) electrons. The van der Waals surface area contributed by atoms with E-state index in [4.69, 9.17) is 0 Å². The molecule has 1 saturated heterocycles. The van der Waals surface area contributed by atoms with Crippen LogP contribution < -0.4 is 5.32 Å². The molecule has 2 rings (SSSR count). The second kappa shape index (κ2) is 3.94. The van der Waals surface area contributed by atoms with E-state index in [-0.39, 0.29) is 5.25 Å². The van der Waals surface area contributed by atoms with Crippen LogP contribution in [-0.4, -0.2) is 26.8 Å². The molecule has 3 nitrogen and oxygen atoms in total. The summed E-state index contributed by atoms with van der Waals surface area (Å²) in [6.45, 7) is 3.29. The third-order valence-electron chi connectivity index (χ3n) is 2.77. The molecule has 1 atom stereocenters. The minimum Gasteiger partial charge on any atom is -0.315 e. The summed E-state index contributed by atoms with van der Waals surface area (Å²) in [6.07, 6.45) is 0.719. The zero-order valence-electron chi connectivity index (χ0n) is 8.73. The maximum absolute atomic E-state index is 12.1. The molecule has 82 valence electrons. The highest BCUT2D eigenvalue weighted by atomic mass is 32.2. The quantitative estimate of drug-likeness (QED) is 0.820. The third kappa shape index (κ3) is 2.06. The van der Waals surface area contributed by atoms with Crippen molar-refractivity contribution in [2.45, 2.75) is 23.5 Å². The Balaban J connectivity index is 2.36. The van der Waals surface area contributed by atoms with Gasteiger partial charge in [-0.25, -0.2) is 8.42 Å². The van der Waals surface area contributed by atoms with Gasteiger partial charge >= 0.3 is 0 Å². The molecule has 0 spiro atoms. The van der Waals surface area contributed by atoms with Crippen LogP contribution in [0.5, 0.6) is 0 Å². The van der Waals surface area contributed by atoms with Crippen molar-refractivity contribution in [2.24, 2.45) is 0 Å². The summed E-state index contributed by atoms with van der Waals surface area (Å²) in [5.74, 6) is 0. The molecule has 0 amide bonds. The second-order valence-electron chi connectivity index (χ2n) is 3.98. The first-order chi connectivity index (χ1) is 7.10. The Morgan fingerprint density at radius 3 is 2.80 bits per heavy atom. The zero-order valence-corrected chi connectivity index (χ0v) is 9.55. The van der Waals surface area contributed by atoms with Crippen LogP contribution >= 0.6 is 0 Å². The number of benzene rings is 1. The maximum Gasteiger partial charge on any atom is 0.182 e. The molecule has 0 bridgehead atoms. The van der Waals surface area contributed by atoms with Crippen molar-refractivity contribution < 1.29 is 8.42 Å². The van der Waals surface area contributed by atoms with Crippen molar-refractivity contribution in [1.82, 2.24) is 5.32 Å². The first-order valence-electron chi connectivity index (χ1n) is 5.12. The van der Waals surface area contributed by atoms with Crippen molar-refractivity contribution in [3.8, 4) is 0 Å². The van der Waals surface area contributed by atoms with E-state index in [9.17, 15) is 8.42 Å². The van der Waals surface area contributed by atoms with Crippen molar-refractivity contribution in [3.63, 3.8) is 0 Å². The van der Waals surface area contributed by atoms with E-state index < -0.39 is 9.84 Å². The van der Waals surface area contributed by atoms with Gasteiger partial charge in [0.2, 0.25) is 0 Å². The van der Waals surface area contributed by atoms with Crippen molar-refractivity contribution in [1.29, 1.82) is 0 Å². The SMILES string of the molecule is Cc1cccc(S(=O)(=O)C2CCNC2)c1. The molecule has 1 aliphatic heterocycles. The Labute approximate surface area is 90.4 Å². The summed E-state index contributed by atoms with van der Waals surface area (Å²) >= 11 is 0. The molecule has 15 heavy (non-hydrogen) atoms. The number of hydrogen-bond donors (Lipinski definition) is 1. The van der Waals surface area contributed by atoms with Crippen molar-refractivity contribution in [2.75, 3.05) is 13.1 Å². The summed E-state index contributed by atoms with van der Waals surface area (Å²) in [5.41, 5.74) is 0.988. The molecule has 0 aliphatic carbocycles. The van der Waals surface area contributed by atoms with Crippen molar-refractivity contribution >= 4 is 9.84 Å². The Hall–Kier alpha value is -0.870. The Morgan fingerprint density at radius 2 is 2.20 bits per heavy atom. The van der Waals surface area contributed by atoms with Gasteiger partial charge in [0, 0.05) is 6.54 Å². The fourth-order valence-electron chi connectivity index (χ4n) is 1.88. The smallest absolute Gasteiger partial charge is 0.182 e. The lowest BCUT2D eigenvalue weighted by Gasteiger charge is -2.10. The van der Waals surface area contributed by atoms with E-state index in [1.54, 1.807) is 18.2 Å². The zero-order chi connectivity index (χ0) is 10.9. The molecule has 0 aromatic heterocycles. The summed E-state index contributed by atoms with van der Waals surface area (Å²) in [4.78, 5) is 0.455. The lowest BCUT2D eigenvalue weighted by molar-refractivity contribution is 0.583.